The van der Waals surface area contributed by atoms with Gasteiger partial charge in [-0.2, -0.15) is 0 Å². The summed E-state index contributed by atoms with van der Waals surface area (Å²) in [7, 11) is 0. The lowest BCUT2D eigenvalue weighted by molar-refractivity contribution is -0.134. The lowest BCUT2D eigenvalue weighted by Crippen LogP contribution is -2.53. The van der Waals surface area contributed by atoms with E-state index in [2.05, 4.69) is 20.9 Å². The van der Waals surface area contributed by atoms with E-state index in [-0.39, 0.29) is 48.6 Å². The van der Waals surface area contributed by atoms with E-state index in [0.29, 0.717) is 5.92 Å². The molecule has 37 heavy (non-hydrogen) atoms. The maximum absolute atomic E-state index is 13.5. The molecule has 2 rings (SSSR count). The van der Waals surface area contributed by atoms with Crippen LogP contribution in [0.3, 0.4) is 0 Å². The number of aromatic nitrogens is 1. The van der Waals surface area contributed by atoms with Crippen LogP contribution in [-0.4, -0.2) is 46.0 Å². The molecule has 1 saturated carbocycles. The maximum Gasteiger partial charge on any atom is 0.243 e. The van der Waals surface area contributed by atoms with Crippen LogP contribution < -0.4 is 16.0 Å². The van der Waals surface area contributed by atoms with Crippen molar-refractivity contribution in [3.63, 3.8) is 0 Å². The van der Waals surface area contributed by atoms with Crippen LogP contribution in [0.4, 0.5) is 0 Å². The fourth-order valence-corrected chi connectivity index (χ4v) is 5.21. The third kappa shape index (κ3) is 10.4. The minimum atomic E-state index is -0.844. The van der Waals surface area contributed by atoms with E-state index in [1.54, 1.807) is 6.20 Å². The molecule has 1 heterocycles. The quantitative estimate of drug-likeness (QED) is 0.300. The third-order valence-corrected chi connectivity index (χ3v) is 7.77. The molecule has 0 aromatic carbocycles. The van der Waals surface area contributed by atoms with Gasteiger partial charge in [0.1, 0.15) is 6.04 Å². The number of carbonyl (C=O) groups excluding carboxylic acids is 3. The van der Waals surface area contributed by atoms with Crippen molar-refractivity contribution in [2.45, 2.75) is 111 Å². The smallest absolute Gasteiger partial charge is 0.243 e. The van der Waals surface area contributed by atoms with Crippen molar-refractivity contribution in [3.8, 4) is 0 Å². The molecule has 4 N–H and O–H groups in total. The summed E-state index contributed by atoms with van der Waals surface area (Å²) in [5.41, 5.74) is 0.746. The Hall–Kier alpha value is -2.48. The number of aliphatic hydroxyl groups is 1. The van der Waals surface area contributed by atoms with Gasteiger partial charge in [0, 0.05) is 19.0 Å². The van der Waals surface area contributed by atoms with Crippen LogP contribution in [-0.2, 0) is 20.9 Å². The van der Waals surface area contributed by atoms with Gasteiger partial charge < -0.3 is 21.1 Å². The zero-order valence-electron chi connectivity index (χ0n) is 23.3. The first-order chi connectivity index (χ1) is 17.6. The fourth-order valence-electron chi connectivity index (χ4n) is 5.21. The van der Waals surface area contributed by atoms with Gasteiger partial charge in [0.05, 0.1) is 24.4 Å². The Morgan fingerprint density at radius 3 is 2.32 bits per heavy atom. The topological polar surface area (TPSA) is 120 Å². The molecule has 208 valence electrons. The van der Waals surface area contributed by atoms with Crippen molar-refractivity contribution in [2.24, 2.45) is 23.7 Å². The highest BCUT2D eigenvalue weighted by Gasteiger charge is 2.34. The normalized spacial score (nSPS) is 18.4. The van der Waals surface area contributed by atoms with Gasteiger partial charge in [-0.15, -0.1) is 0 Å². The van der Waals surface area contributed by atoms with Gasteiger partial charge in [-0.25, -0.2) is 0 Å². The van der Waals surface area contributed by atoms with Crippen LogP contribution in [0.25, 0.3) is 0 Å². The molecule has 0 unspecified atom stereocenters. The largest absolute Gasteiger partial charge is 0.391 e. The van der Waals surface area contributed by atoms with Gasteiger partial charge in [0.15, 0.2) is 0 Å². The number of pyridine rings is 1. The Bertz CT molecular complexity index is 842. The molecular weight excluding hydrogens is 468 g/mol. The van der Waals surface area contributed by atoms with Crippen molar-refractivity contribution in [3.05, 3.63) is 30.1 Å². The molecule has 3 amide bonds. The maximum atomic E-state index is 13.5. The highest BCUT2D eigenvalue weighted by molar-refractivity contribution is 5.88. The summed E-state index contributed by atoms with van der Waals surface area (Å²) >= 11 is 0. The number of nitrogens with one attached hydrogen (secondary N) is 3. The van der Waals surface area contributed by atoms with Crippen LogP contribution in [0, 0.1) is 23.7 Å². The molecule has 1 fully saturated rings. The minimum Gasteiger partial charge on any atom is -0.391 e. The predicted molar refractivity (Wildman–Crippen MR) is 145 cm³/mol. The number of hydrogen-bond acceptors (Lipinski definition) is 5. The summed E-state index contributed by atoms with van der Waals surface area (Å²) in [6, 6.07) is 4.45. The summed E-state index contributed by atoms with van der Waals surface area (Å²) in [6.45, 7) is 9.59. The van der Waals surface area contributed by atoms with E-state index in [0.717, 1.165) is 31.4 Å². The van der Waals surface area contributed by atoms with Gasteiger partial charge in [0.25, 0.3) is 0 Å². The highest BCUT2D eigenvalue weighted by atomic mass is 16.3. The molecule has 0 saturated heterocycles. The molecule has 0 spiro atoms. The number of aliphatic hydroxyl groups excluding tert-OH is 1. The minimum absolute atomic E-state index is 0.0449. The number of amides is 3. The van der Waals surface area contributed by atoms with Crippen LogP contribution >= 0.6 is 0 Å². The summed E-state index contributed by atoms with van der Waals surface area (Å²) in [6.07, 6.45) is 8.34. The lowest BCUT2D eigenvalue weighted by Gasteiger charge is -2.33. The Morgan fingerprint density at radius 2 is 1.76 bits per heavy atom. The second kappa shape index (κ2) is 15.7. The number of carbonyl (C=O) groups is 3. The van der Waals surface area contributed by atoms with Crippen molar-refractivity contribution in [2.75, 3.05) is 0 Å². The van der Waals surface area contributed by atoms with E-state index < -0.39 is 18.1 Å². The van der Waals surface area contributed by atoms with Crippen molar-refractivity contribution in [1.82, 2.24) is 20.9 Å². The van der Waals surface area contributed by atoms with Crippen LogP contribution in [0.5, 0.6) is 0 Å². The molecule has 1 aromatic rings. The van der Waals surface area contributed by atoms with E-state index in [4.69, 9.17) is 0 Å². The van der Waals surface area contributed by atoms with Gasteiger partial charge >= 0.3 is 0 Å². The Labute approximate surface area is 222 Å². The van der Waals surface area contributed by atoms with Gasteiger partial charge in [-0.1, -0.05) is 72.3 Å². The van der Waals surface area contributed by atoms with Gasteiger partial charge in [-0.05, 0) is 42.7 Å². The third-order valence-electron chi connectivity index (χ3n) is 7.77. The number of hydrogen-bond donors (Lipinski definition) is 4. The van der Waals surface area contributed by atoms with Crippen LogP contribution in [0.15, 0.2) is 24.4 Å². The van der Waals surface area contributed by atoms with Crippen LogP contribution in [0.2, 0.25) is 0 Å². The molecule has 8 heteroatoms. The van der Waals surface area contributed by atoms with E-state index in [9.17, 15) is 19.5 Å². The van der Waals surface area contributed by atoms with Gasteiger partial charge in [0.2, 0.25) is 17.7 Å². The van der Waals surface area contributed by atoms with Crippen molar-refractivity contribution >= 4 is 17.7 Å². The van der Waals surface area contributed by atoms with Crippen LogP contribution in [0.1, 0.15) is 91.7 Å². The molecule has 1 aliphatic rings. The monoisotopic (exact) mass is 516 g/mol. The Morgan fingerprint density at radius 1 is 1.05 bits per heavy atom. The van der Waals surface area contributed by atoms with Crippen molar-refractivity contribution in [1.29, 1.82) is 0 Å². The SMILES string of the molecule is CC[C@H](C)[C@H](NC(=O)[C@H](C[C@H](O)[C@H](CC1CCCCC1)NC(C)=O)C(C)C)C(=O)NCc1ccccn1. The molecule has 1 aliphatic carbocycles. The predicted octanol–water partition coefficient (Wildman–Crippen LogP) is 3.73. The first-order valence-electron chi connectivity index (χ1n) is 14.0. The number of rotatable bonds is 14. The molecule has 0 radical (unpaired) electrons. The van der Waals surface area contributed by atoms with E-state index in [1.165, 1.54) is 26.2 Å². The number of nitrogens with zero attached hydrogens (tertiary/aromatic N) is 1. The average Bonchev–Trinajstić information content (AvgIpc) is 2.88. The first kappa shape index (κ1) is 30.7. The highest BCUT2D eigenvalue weighted by Crippen LogP contribution is 2.29. The summed E-state index contributed by atoms with van der Waals surface area (Å²) < 4.78 is 0. The van der Waals surface area contributed by atoms with Gasteiger partial charge in [-0.3, -0.25) is 19.4 Å². The second-order valence-corrected chi connectivity index (χ2v) is 11.1. The molecule has 0 bridgehead atoms. The molecular formula is C29H48N4O4. The molecule has 5 atom stereocenters. The fraction of sp³-hybridized carbons (Fsp3) is 0.724. The second-order valence-electron chi connectivity index (χ2n) is 11.1. The summed E-state index contributed by atoms with van der Waals surface area (Å²) in [5, 5.41) is 20.0. The average molecular weight is 517 g/mol. The zero-order valence-corrected chi connectivity index (χ0v) is 23.3. The molecule has 1 aromatic heterocycles. The summed E-state index contributed by atoms with van der Waals surface area (Å²) in [4.78, 5) is 42.7. The lowest BCUT2D eigenvalue weighted by atomic mass is 9.81. The van der Waals surface area contributed by atoms with Crippen molar-refractivity contribution < 1.29 is 19.5 Å². The Kier molecular flexibility index (Phi) is 13.0. The molecule has 8 nitrogen and oxygen atoms in total. The first-order valence-corrected chi connectivity index (χ1v) is 14.0. The zero-order chi connectivity index (χ0) is 27.4. The van der Waals surface area contributed by atoms with E-state index >= 15 is 0 Å². The standard InChI is InChI=1S/C29H48N4O4/c1-6-20(4)27(29(37)31-18-23-14-10-11-15-30-23)33-28(36)24(19(2)3)17-26(35)25(32-21(5)34)16-22-12-8-7-9-13-22/h10-11,14-15,19-20,22,24-27,35H,6-9,12-13,16-18H2,1-5H3,(H,31,37)(H,32,34)(H,33,36)/t20-,24+,25-,26-,27-/m0/s1. The van der Waals surface area contributed by atoms with E-state index in [1.807, 2.05) is 45.9 Å². The summed E-state index contributed by atoms with van der Waals surface area (Å²) in [5.74, 6) is -0.791. The Balaban J connectivity index is 2.07. The molecule has 0 aliphatic heterocycles.